The second-order valence-electron chi connectivity index (χ2n) is 5.33. The number of nitro groups is 1. The summed E-state index contributed by atoms with van der Waals surface area (Å²) in [6.45, 7) is 2.71. The summed E-state index contributed by atoms with van der Waals surface area (Å²) in [4.78, 5) is 12.7. The van der Waals surface area contributed by atoms with Crippen LogP contribution in [0.2, 0.25) is 0 Å². The summed E-state index contributed by atoms with van der Waals surface area (Å²) < 4.78 is 0. The van der Waals surface area contributed by atoms with Gasteiger partial charge in [0, 0.05) is 30.8 Å². The maximum atomic E-state index is 10.8. The summed E-state index contributed by atoms with van der Waals surface area (Å²) in [6.07, 6.45) is 2.49. The SMILES string of the molecule is CC(c1cccc([N+](=O)[O-])c1)N(C)C(CN)C1CC1. The fourth-order valence-electron chi connectivity index (χ4n) is 2.59. The monoisotopic (exact) mass is 263 g/mol. The van der Waals surface area contributed by atoms with Gasteiger partial charge in [-0.25, -0.2) is 0 Å². The number of nitro benzene ring substituents is 1. The van der Waals surface area contributed by atoms with E-state index in [1.54, 1.807) is 12.1 Å². The number of non-ortho nitro benzene ring substituents is 1. The van der Waals surface area contributed by atoms with Crippen LogP contribution in [-0.4, -0.2) is 29.5 Å². The second kappa shape index (κ2) is 5.67. The number of likely N-dealkylation sites (N-methyl/N-ethyl adjacent to an activating group) is 1. The van der Waals surface area contributed by atoms with E-state index < -0.39 is 0 Å². The van der Waals surface area contributed by atoms with Gasteiger partial charge >= 0.3 is 0 Å². The maximum Gasteiger partial charge on any atom is 0.269 e. The van der Waals surface area contributed by atoms with E-state index in [1.165, 1.54) is 18.9 Å². The zero-order valence-electron chi connectivity index (χ0n) is 11.5. The van der Waals surface area contributed by atoms with Crippen LogP contribution in [0.3, 0.4) is 0 Å². The van der Waals surface area contributed by atoms with Crippen LogP contribution in [0.25, 0.3) is 0 Å². The van der Waals surface area contributed by atoms with Gasteiger partial charge in [-0.05, 0) is 38.3 Å². The molecule has 0 aromatic heterocycles. The molecule has 0 heterocycles. The van der Waals surface area contributed by atoms with Gasteiger partial charge < -0.3 is 5.73 Å². The number of nitrogens with two attached hydrogens (primary N) is 1. The summed E-state index contributed by atoms with van der Waals surface area (Å²) in [5.41, 5.74) is 6.97. The van der Waals surface area contributed by atoms with Crippen LogP contribution >= 0.6 is 0 Å². The predicted octanol–water partition coefficient (Wildman–Crippen LogP) is 2.32. The van der Waals surface area contributed by atoms with E-state index in [0.717, 1.165) is 5.56 Å². The molecule has 5 heteroatoms. The predicted molar refractivity (Wildman–Crippen MR) is 74.8 cm³/mol. The van der Waals surface area contributed by atoms with Gasteiger partial charge in [0.1, 0.15) is 0 Å². The Bertz CT molecular complexity index is 460. The van der Waals surface area contributed by atoms with Crippen molar-refractivity contribution in [2.45, 2.75) is 31.8 Å². The van der Waals surface area contributed by atoms with Gasteiger partial charge in [-0.2, -0.15) is 0 Å². The van der Waals surface area contributed by atoms with Crippen LogP contribution in [0, 0.1) is 16.0 Å². The minimum absolute atomic E-state index is 0.133. The minimum atomic E-state index is -0.350. The highest BCUT2D eigenvalue weighted by molar-refractivity contribution is 5.35. The first-order valence-corrected chi connectivity index (χ1v) is 6.71. The van der Waals surface area contributed by atoms with Crippen LogP contribution in [0.1, 0.15) is 31.4 Å². The van der Waals surface area contributed by atoms with E-state index in [0.29, 0.717) is 18.5 Å². The van der Waals surface area contributed by atoms with Gasteiger partial charge in [-0.15, -0.1) is 0 Å². The van der Waals surface area contributed by atoms with Crippen LogP contribution in [-0.2, 0) is 0 Å². The summed E-state index contributed by atoms with van der Waals surface area (Å²) >= 11 is 0. The molecule has 2 rings (SSSR count). The van der Waals surface area contributed by atoms with Gasteiger partial charge in [0.25, 0.3) is 5.69 Å². The molecule has 19 heavy (non-hydrogen) atoms. The number of nitrogens with zero attached hydrogens (tertiary/aromatic N) is 2. The lowest BCUT2D eigenvalue weighted by atomic mass is 10.0. The molecule has 2 atom stereocenters. The topological polar surface area (TPSA) is 72.4 Å². The van der Waals surface area contributed by atoms with Gasteiger partial charge in [0.2, 0.25) is 0 Å². The molecule has 0 aliphatic heterocycles. The lowest BCUT2D eigenvalue weighted by molar-refractivity contribution is -0.384. The molecule has 2 unspecified atom stereocenters. The quantitative estimate of drug-likeness (QED) is 0.631. The molecule has 104 valence electrons. The van der Waals surface area contributed by atoms with Crippen molar-refractivity contribution in [3.63, 3.8) is 0 Å². The van der Waals surface area contributed by atoms with Gasteiger partial charge in [0.05, 0.1) is 4.92 Å². The Hall–Kier alpha value is -1.46. The molecular weight excluding hydrogens is 242 g/mol. The molecule has 2 N–H and O–H groups in total. The maximum absolute atomic E-state index is 10.8. The first-order valence-electron chi connectivity index (χ1n) is 6.71. The Labute approximate surface area is 113 Å². The fourth-order valence-corrected chi connectivity index (χ4v) is 2.59. The van der Waals surface area contributed by atoms with E-state index >= 15 is 0 Å². The van der Waals surface area contributed by atoms with Crippen LogP contribution < -0.4 is 5.73 Å². The van der Waals surface area contributed by atoms with Crippen molar-refractivity contribution in [3.8, 4) is 0 Å². The van der Waals surface area contributed by atoms with E-state index in [9.17, 15) is 10.1 Å². The molecule has 0 saturated heterocycles. The molecule has 1 aliphatic rings. The molecule has 1 aliphatic carbocycles. The molecule has 5 nitrogen and oxygen atoms in total. The molecule has 1 aromatic carbocycles. The second-order valence-corrected chi connectivity index (χ2v) is 5.33. The fraction of sp³-hybridized carbons (Fsp3) is 0.571. The van der Waals surface area contributed by atoms with Crippen molar-refractivity contribution in [1.82, 2.24) is 4.90 Å². The number of benzene rings is 1. The standard InChI is InChI=1S/C14H21N3O2/c1-10(16(2)14(9-15)11-6-7-11)12-4-3-5-13(8-12)17(18)19/h3-5,8,10-11,14H,6-7,9,15H2,1-2H3. The molecular formula is C14H21N3O2. The third kappa shape index (κ3) is 3.11. The minimum Gasteiger partial charge on any atom is -0.329 e. The molecule has 0 spiro atoms. The molecule has 0 amide bonds. The Kier molecular flexibility index (Phi) is 4.17. The number of hydrogen-bond acceptors (Lipinski definition) is 4. The van der Waals surface area contributed by atoms with Crippen molar-refractivity contribution in [1.29, 1.82) is 0 Å². The van der Waals surface area contributed by atoms with Crippen molar-refractivity contribution in [2.75, 3.05) is 13.6 Å². The van der Waals surface area contributed by atoms with Gasteiger partial charge in [-0.1, -0.05) is 12.1 Å². The number of hydrogen-bond donors (Lipinski definition) is 1. The molecule has 1 aromatic rings. The molecule has 1 fully saturated rings. The highest BCUT2D eigenvalue weighted by Gasteiger charge is 2.34. The normalized spacial score (nSPS) is 18.3. The summed E-state index contributed by atoms with van der Waals surface area (Å²) in [5, 5.41) is 10.8. The zero-order chi connectivity index (χ0) is 14.0. The highest BCUT2D eigenvalue weighted by Crippen LogP contribution is 2.37. The van der Waals surface area contributed by atoms with E-state index in [4.69, 9.17) is 5.73 Å². The molecule has 1 saturated carbocycles. The lowest BCUT2D eigenvalue weighted by Gasteiger charge is -2.32. The third-order valence-corrected chi connectivity index (χ3v) is 4.11. The summed E-state index contributed by atoms with van der Waals surface area (Å²) in [6, 6.07) is 7.36. The van der Waals surface area contributed by atoms with Crippen LogP contribution in [0.15, 0.2) is 24.3 Å². The highest BCUT2D eigenvalue weighted by atomic mass is 16.6. The Balaban J connectivity index is 2.15. The smallest absolute Gasteiger partial charge is 0.269 e. The van der Waals surface area contributed by atoms with Crippen molar-refractivity contribution < 1.29 is 4.92 Å². The average Bonchev–Trinajstić information content (AvgIpc) is 3.23. The largest absolute Gasteiger partial charge is 0.329 e. The number of rotatable bonds is 6. The Morgan fingerprint density at radius 1 is 1.53 bits per heavy atom. The Morgan fingerprint density at radius 2 is 2.21 bits per heavy atom. The lowest BCUT2D eigenvalue weighted by Crippen LogP contribution is -2.41. The van der Waals surface area contributed by atoms with Crippen molar-refractivity contribution >= 4 is 5.69 Å². The first kappa shape index (κ1) is 14.0. The summed E-state index contributed by atoms with van der Waals surface area (Å²) in [7, 11) is 2.05. The van der Waals surface area contributed by atoms with E-state index in [2.05, 4.69) is 18.9 Å². The van der Waals surface area contributed by atoms with E-state index in [1.807, 2.05) is 6.07 Å². The zero-order valence-corrected chi connectivity index (χ0v) is 11.5. The Morgan fingerprint density at radius 3 is 2.74 bits per heavy atom. The van der Waals surface area contributed by atoms with Crippen molar-refractivity contribution in [3.05, 3.63) is 39.9 Å². The van der Waals surface area contributed by atoms with Crippen molar-refractivity contribution in [2.24, 2.45) is 11.7 Å². The van der Waals surface area contributed by atoms with Crippen LogP contribution in [0.5, 0.6) is 0 Å². The third-order valence-electron chi connectivity index (χ3n) is 4.11. The van der Waals surface area contributed by atoms with Crippen LogP contribution in [0.4, 0.5) is 5.69 Å². The average molecular weight is 263 g/mol. The first-order chi connectivity index (χ1) is 9.04. The molecule has 0 radical (unpaired) electrons. The van der Waals surface area contributed by atoms with E-state index in [-0.39, 0.29) is 16.7 Å². The van der Waals surface area contributed by atoms with Gasteiger partial charge in [0.15, 0.2) is 0 Å². The van der Waals surface area contributed by atoms with Gasteiger partial charge in [-0.3, -0.25) is 15.0 Å². The summed E-state index contributed by atoms with van der Waals surface area (Å²) in [5.74, 6) is 0.691. The molecule has 0 bridgehead atoms.